The van der Waals surface area contributed by atoms with Gasteiger partial charge in [-0.25, -0.2) is 8.42 Å². The van der Waals surface area contributed by atoms with Gasteiger partial charge in [0.25, 0.3) is 10.0 Å². The topological polar surface area (TPSA) is 92.7 Å². The molecule has 0 aliphatic heterocycles. The van der Waals surface area contributed by atoms with E-state index in [4.69, 9.17) is 9.84 Å². The summed E-state index contributed by atoms with van der Waals surface area (Å²) in [6.07, 6.45) is 6.06. The van der Waals surface area contributed by atoms with Gasteiger partial charge < -0.3 is 11.3 Å². The number of hydrogen-bond donors (Lipinski definition) is 2. The third kappa shape index (κ3) is 8.99. The SMILES string of the molecule is O=C(O)CCc1ccccc1OCCC/C=C/c1cccc(NS(=O)(=O)c2ccccc2)c1.[H-].[Na+]. The van der Waals surface area contributed by atoms with Crippen molar-refractivity contribution in [2.45, 2.75) is 30.6 Å². The molecular weight excluding hydrogens is 461 g/mol. The fraction of sp³-hybridized carbons (Fsp3) is 0.192. The molecule has 0 amide bonds. The van der Waals surface area contributed by atoms with E-state index in [1.54, 1.807) is 48.5 Å². The quantitative estimate of drug-likeness (QED) is 0.301. The van der Waals surface area contributed by atoms with Gasteiger partial charge in [-0.3, -0.25) is 9.52 Å². The molecule has 0 aromatic heterocycles. The van der Waals surface area contributed by atoms with E-state index in [-0.39, 0.29) is 42.3 Å². The molecule has 0 radical (unpaired) electrons. The molecule has 174 valence electrons. The van der Waals surface area contributed by atoms with Crippen molar-refractivity contribution in [3.63, 3.8) is 0 Å². The van der Waals surface area contributed by atoms with Gasteiger partial charge in [-0.1, -0.05) is 60.7 Å². The van der Waals surface area contributed by atoms with Crippen LogP contribution in [0.1, 0.15) is 31.8 Å². The Morgan fingerprint density at radius 2 is 1.74 bits per heavy atom. The first kappa shape index (κ1) is 27.7. The summed E-state index contributed by atoms with van der Waals surface area (Å²) >= 11 is 0. The number of anilines is 1. The molecule has 2 N–H and O–H groups in total. The Morgan fingerprint density at radius 1 is 1.00 bits per heavy atom. The van der Waals surface area contributed by atoms with Crippen LogP contribution in [0.3, 0.4) is 0 Å². The zero-order chi connectivity index (χ0) is 23.5. The van der Waals surface area contributed by atoms with Gasteiger partial charge >= 0.3 is 35.5 Å². The van der Waals surface area contributed by atoms with E-state index in [1.165, 1.54) is 0 Å². The maximum Gasteiger partial charge on any atom is 1.00 e. The predicted molar refractivity (Wildman–Crippen MR) is 131 cm³/mol. The summed E-state index contributed by atoms with van der Waals surface area (Å²) in [6, 6.07) is 23.0. The monoisotopic (exact) mass is 489 g/mol. The van der Waals surface area contributed by atoms with Crippen LogP contribution >= 0.6 is 0 Å². The van der Waals surface area contributed by atoms with Crippen molar-refractivity contribution in [1.29, 1.82) is 0 Å². The predicted octanol–water partition coefficient (Wildman–Crippen LogP) is 2.49. The zero-order valence-corrected chi connectivity index (χ0v) is 22.0. The van der Waals surface area contributed by atoms with Crippen LogP contribution in [0.5, 0.6) is 5.75 Å². The Labute approximate surface area is 224 Å². The summed E-state index contributed by atoms with van der Waals surface area (Å²) in [7, 11) is -3.62. The second kappa shape index (κ2) is 14.0. The van der Waals surface area contributed by atoms with Crippen LogP contribution in [-0.4, -0.2) is 26.1 Å². The average molecular weight is 490 g/mol. The summed E-state index contributed by atoms with van der Waals surface area (Å²) in [5, 5.41) is 8.88. The first-order valence-electron chi connectivity index (χ1n) is 10.7. The van der Waals surface area contributed by atoms with Crippen molar-refractivity contribution in [2.75, 3.05) is 11.3 Å². The fourth-order valence-corrected chi connectivity index (χ4v) is 4.29. The molecular formula is C26H28NNaO5S. The van der Waals surface area contributed by atoms with Gasteiger partial charge in [0.1, 0.15) is 5.75 Å². The maximum atomic E-state index is 12.5. The van der Waals surface area contributed by atoms with Crippen molar-refractivity contribution in [3.8, 4) is 5.75 Å². The number of carboxylic acids is 1. The number of carbonyl (C=O) groups is 1. The molecule has 0 spiro atoms. The van der Waals surface area contributed by atoms with Crippen LogP contribution in [-0.2, 0) is 21.2 Å². The van der Waals surface area contributed by atoms with E-state index in [0.717, 1.165) is 29.7 Å². The molecule has 0 atom stereocenters. The number of ether oxygens (including phenoxy) is 1. The van der Waals surface area contributed by atoms with Gasteiger partial charge in [0.05, 0.1) is 11.5 Å². The molecule has 3 rings (SSSR count). The number of aryl methyl sites for hydroxylation is 1. The molecule has 6 nitrogen and oxygen atoms in total. The molecule has 3 aromatic rings. The number of carboxylic acid groups (broad SMARTS) is 1. The summed E-state index contributed by atoms with van der Waals surface area (Å²) in [6.45, 7) is 0.519. The molecule has 0 heterocycles. The third-order valence-corrected chi connectivity index (χ3v) is 6.25. The van der Waals surface area contributed by atoms with Gasteiger partial charge in [-0.15, -0.1) is 0 Å². The number of nitrogens with one attached hydrogen (secondary N) is 1. The number of benzene rings is 3. The normalized spacial score (nSPS) is 11.1. The van der Waals surface area contributed by atoms with E-state index in [2.05, 4.69) is 4.72 Å². The number of sulfonamides is 1. The molecule has 0 bridgehead atoms. The standard InChI is InChI=1S/C26H27NO5S.Na.H/c28-26(29)18-17-22-12-6-7-16-25(22)32-19-8-2-3-10-21-11-9-13-23(20-21)27-33(30,31)24-14-4-1-5-15-24;;/h1,3-7,9-16,20,27H,2,8,17-19H2,(H,28,29);;/q;+1;-1/b10-3+;;. The second-order valence-electron chi connectivity index (χ2n) is 7.44. The van der Waals surface area contributed by atoms with Crippen molar-refractivity contribution >= 4 is 27.8 Å². The average Bonchev–Trinajstić information content (AvgIpc) is 2.81. The number of para-hydroxylation sites is 1. The molecule has 0 saturated heterocycles. The molecule has 0 unspecified atom stereocenters. The first-order valence-corrected chi connectivity index (χ1v) is 12.2. The van der Waals surface area contributed by atoms with Crippen LogP contribution in [0.2, 0.25) is 0 Å². The fourth-order valence-electron chi connectivity index (χ4n) is 3.22. The van der Waals surface area contributed by atoms with Crippen molar-refractivity contribution in [2.24, 2.45) is 0 Å². The van der Waals surface area contributed by atoms with Gasteiger partial charge in [0, 0.05) is 12.1 Å². The molecule has 0 saturated carbocycles. The molecule has 3 aromatic carbocycles. The Kier molecular flexibility index (Phi) is 11.4. The Hall–Kier alpha value is -2.58. The van der Waals surface area contributed by atoms with E-state index < -0.39 is 16.0 Å². The van der Waals surface area contributed by atoms with Crippen molar-refractivity contribution < 1.29 is 54.0 Å². The number of hydrogen-bond acceptors (Lipinski definition) is 4. The van der Waals surface area contributed by atoms with Crippen molar-refractivity contribution in [3.05, 3.63) is 96.1 Å². The minimum atomic E-state index is -3.62. The molecule has 0 aliphatic rings. The van der Waals surface area contributed by atoms with Crippen molar-refractivity contribution in [1.82, 2.24) is 0 Å². The molecule has 0 aliphatic carbocycles. The smallest absolute Gasteiger partial charge is 1.00 e. The number of rotatable bonds is 12. The Bertz CT molecular complexity index is 1200. The Balaban J connectivity index is 0.00000306. The van der Waals surface area contributed by atoms with E-state index >= 15 is 0 Å². The first-order chi connectivity index (χ1) is 15.9. The van der Waals surface area contributed by atoms with E-state index in [1.807, 2.05) is 42.5 Å². The van der Waals surface area contributed by atoms with E-state index in [9.17, 15) is 13.2 Å². The van der Waals surface area contributed by atoms with Crippen LogP contribution < -0.4 is 39.0 Å². The van der Waals surface area contributed by atoms with Crippen LogP contribution in [0.4, 0.5) is 5.69 Å². The molecule has 34 heavy (non-hydrogen) atoms. The van der Waals surface area contributed by atoms with Crippen LogP contribution in [0, 0.1) is 0 Å². The minimum Gasteiger partial charge on any atom is -1.00 e. The van der Waals surface area contributed by atoms with Gasteiger partial charge in [0.15, 0.2) is 0 Å². The summed E-state index contributed by atoms with van der Waals surface area (Å²) in [5.41, 5.74) is 2.29. The van der Waals surface area contributed by atoms with E-state index in [0.29, 0.717) is 18.7 Å². The summed E-state index contributed by atoms with van der Waals surface area (Å²) in [5.74, 6) is -0.104. The molecule has 0 fully saturated rings. The number of unbranched alkanes of at least 4 members (excludes halogenated alkanes) is 1. The third-order valence-electron chi connectivity index (χ3n) is 4.86. The van der Waals surface area contributed by atoms with Crippen LogP contribution in [0.15, 0.2) is 89.8 Å². The van der Waals surface area contributed by atoms with Gasteiger partial charge in [-0.2, -0.15) is 0 Å². The van der Waals surface area contributed by atoms with Gasteiger partial charge in [0.2, 0.25) is 0 Å². The maximum absolute atomic E-state index is 12.5. The summed E-state index contributed by atoms with van der Waals surface area (Å²) in [4.78, 5) is 11.0. The largest absolute Gasteiger partial charge is 1.00 e. The second-order valence-corrected chi connectivity index (χ2v) is 9.12. The molecule has 8 heteroatoms. The number of allylic oxidation sites excluding steroid dienone is 1. The Morgan fingerprint density at radius 3 is 2.50 bits per heavy atom. The van der Waals surface area contributed by atoms with Gasteiger partial charge in [-0.05, 0) is 60.7 Å². The van der Waals surface area contributed by atoms with Crippen LogP contribution in [0.25, 0.3) is 6.08 Å². The summed E-state index contributed by atoms with van der Waals surface area (Å²) < 4.78 is 33.4. The number of aliphatic carboxylic acids is 1. The minimum absolute atomic E-state index is 0. The zero-order valence-electron chi connectivity index (χ0n) is 20.2.